The molecule has 0 saturated heterocycles. The van der Waals surface area contributed by atoms with Crippen molar-refractivity contribution in [3.8, 4) is 0 Å². The van der Waals surface area contributed by atoms with E-state index in [9.17, 15) is 19.4 Å². The third-order valence-corrected chi connectivity index (χ3v) is 10.0. The first-order valence-corrected chi connectivity index (χ1v) is 11.9. The Bertz CT molecular complexity index is 707. The molecule has 5 heteroatoms. The van der Waals surface area contributed by atoms with Crippen LogP contribution in [0.25, 0.3) is 0 Å². The van der Waals surface area contributed by atoms with Crippen LogP contribution in [0.4, 0.5) is 4.39 Å². The van der Waals surface area contributed by atoms with Gasteiger partial charge in [0.2, 0.25) is 0 Å². The number of halogens is 1. The lowest BCUT2D eigenvalue weighted by Gasteiger charge is -2.61. The summed E-state index contributed by atoms with van der Waals surface area (Å²) in [5, 5.41) is 21.3. The monoisotopic (exact) mass is 422 g/mol. The summed E-state index contributed by atoms with van der Waals surface area (Å²) in [6, 6.07) is 0. The fourth-order valence-electron chi connectivity index (χ4n) is 8.44. The van der Waals surface area contributed by atoms with Crippen molar-refractivity contribution in [1.29, 1.82) is 0 Å². The number of fused-ring (bicyclic) bond motifs is 5. The molecule has 4 rings (SSSR count). The molecule has 4 aliphatic carbocycles. The van der Waals surface area contributed by atoms with E-state index in [4.69, 9.17) is 4.74 Å². The Balaban J connectivity index is 1.57. The predicted octanol–water partition coefficient (Wildman–Crippen LogP) is 4.64. The van der Waals surface area contributed by atoms with Crippen LogP contribution in [-0.4, -0.2) is 35.5 Å². The van der Waals surface area contributed by atoms with Gasteiger partial charge in [0.25, 0.3) is 0 Å². The van der Waals surface area contributed by atoms with Crippen LogP contribution in [0.1, 0.15) is 72.1 Å². The van der Waals surface area contributed by atoms with Crippen LogP contribution in [0, 0.1) is 46.3 Å². The SMILES string of the molecule is COC(=O)CC[C@@H](C)[C@H]1CCC2C3C(CC[C@@]21C)[C@@]1(C)C=C(F)[C@@H](O)C[C@H]1C[C@H]3O. The maximum absolute atomic E-state index is 14.5. The predicted molar refractivity (Wildman–Crippen MR) is 113 cm³/mol. The molecule has 2 N–H and O–H groups in total. The molecule has 10 atom stereocenters. The van der Waals surface area contributed by atoms with Crippen LogP contribution >= 0.6 is 0 Å². The summed E-state index contributed by atoms with van der Waals surface area (Å²) in [4.78, 5) is 11.6. The highest BCUT2D eigenvalue weighted by Crippen LogP contribution is 2.68. The first kappa shape index (κ1) is 22.3. The van der Waals surface area contributed by atoms with Crippen molar-refractivity contribution < 1.29 is 24.1 Å². The lowest BCUT2D eigenvalue weighted by molar-refractivity contribution is -0.149. The van der Waals surface area contributed by atoms with Crippen LogP contribution in [0.5, 0.6) is 0 Å². The van der Waals surface area contributed by atoms with E-state index in [1.54, 1.807) is 6.08 Å². The molecule has 0 aromatic rings. The number of hydrogen-bond acceptors (Lipinski definition) is 4. The molecule has 0 bridgehead atoms. The molecule has 0 amide bonds. The second kappa shape index (κ2) is 7.88. The molecule has 0 heterocycles. The number of allylic oxidation sites excluding steroid dienone is 1. The number of aliphatic hydroxyl groups excluding tert-OH is 2. The maximum Gasteiger partial charge on any atom is 0.305 e. The average Bonchev–Trinajstić information content (AvgIpc) is 3.05. The Hall–Kier alpha value is -0.940. The highest BCUT2D eigenvalue weighted by Gasteiger charge is 2.62. The molecule has 0 aliphatic heterocycles. The molecule has 3 unspecified atom stereocenters. The van der Waals surface area contributed by atoms with Gasteiger partial charge in [-0.3, -0.25) is 4.79 Å². The number of esters is 1. The van der Waals surface area contributed by atoms with Crippen LogP contribution in [-0.2, 0) is 9.53 Å². The second-order valence-electron chi connectivity index (χ2n) is 11.3. The molecule has 4 aliphatic rings. The van der Waals surface area contributed by atoms with Gasteiger partial charge in [0.05, 0.1) is 13.2 Å². The minimum atomic E-state index is -1.01. The first-order chi connectivity index (χ1) is 14.1. The van der Waals surface area contributed by atoms with Crippen LogP contribution in [0.3, 0.4) is 0 Å². The summed E-state index contributed by atoms with van der Waals surface area (Å²) < 4.78 is 19.3. The zero-order chi connectivity index (χ0) is 21.8. The molecular weight excluding hydrogens is 383 g/mol. The van der Waals surface area contributed by atoms with Crippen molar-refractivity contribution in [2.75, 3.05) is 7.11 Å². The standard InChI is InChI=1S/C25H39FO4/c1-14(5-8-22(29)30-4)16-6-7-17-23-18(9-10-24(16,17)2)25(3)13-19(26)20(27)11-15(25)12-21(23)28/h13-18,20-21,23,27-28H,5-12H2,1-4H3/t14-,15+,16-,17?,18?,20+,21-,23?,24-,25+/m1/s1. The molecule has 0 radical (unpaired) electrons. The molecule has 0 spiro atoms. The summed E-state index contributed by atoms with van der Waals surface area (Å²) in [6.45, 7) is 6.84. The van der Waals surface area contributed by atoms with Crippen LogP contribution < -0.4 is 0 Å². The minimum Gasteiger partial charge on any atom is -0.469 e. The van der Waals surface area contributed by atoms with Gasteiger partial charge in [-0.1, -0.05) is 20.8 Å². The Labute approximate surface area is 180 Å². The molecule has 3 fully saturated rings. The zero-order valence-corrected chi connectivity index (χ0v) is 18.9. The van der Waals surface area contributed by atoms with E-state index in [2.05, 4.69) is 20.8 Å². The molecule has 4 nitrogen and oxygen atoms in total. The van der Waals surface area contributed by atoms with Crippen molar-refractivity contribution in [3.63, 3.8) is 0 Å². The van der Waals surface area contributed by atoms with Gasteiger partial charge < -0.3 is 14.9 Å². The van der Waals surface area contributed by atoms with Gasteiger partial charge in [0, 0.05) is 6.42 Å². The van der Waals surface area contributed by atoms with E-state index in [1.165, 1.54) is 7.11 Å². The summed E-state index contributed by atoms with van der Waals surface area (Å²) in [7, 11) is 1.45. The number of rotatable bonds is 4. The summed E-state index contributed by atoms with van der Waals surface area (Å²) in [5.74, 6) is 1.53. The Morgan fingerprint density at radius 3 is 2.67 bits per heavy atom. The molecule has 3 saturated carbocycles. The van der Waals surface area contributed by atoms with Gasteiger partial charge >= 0.3 is 5.97 Å². The maximum atomic E-state index is 14.5. The highest BCUT2D eigenvalue weighted by molar-refractivity contribution is 5.69. The van der Waals surface area contributed by atoms with Gasteiger partial charge in [-0.2, -0.15) is 0 Å². The smallest absolute Gasteiger partial charge is 0.305 e. The number of carbonyl (C=O) groups is 1. The number of ether oxygens (including phenoxy) is 1. The third kappa shape index (κ3) is 3.35. The molecule has 170 valence electrons. The third-order valence-electron chi connectivity index (χ3n) is 10.0. The highest BCUT2D eigenvalue weighted by atomic mass is 19.1. The average molecular weight is 423 g/mol. The van der Waals surface area contributed by atoms with Gasteiger partial charge in [-0.05, 0) is 97.4 Å². The Morgan fingerprint density at radius 2 is 1.97 bits per heavy atom. The minimum absolute atomic E-state index is 0.139. The number of methoxy groups -OCH3 is 1. The lowest BCUT2D eigenvalue weighted by atomic mass is 9.44. The molecule has 0 aromatic carbocycles. The van der Waals surface area contributed by atoms with Gasteiger partial charge in [-0.15, -0.1) is 0 Å². The summed E-state index contributed by atoms with van der Waals surface area (Å²) in [5.41, 5.74) is -0.111. The van der Waals surface area contributed by atoms with Gasteiger partial charge in [0.1, 0.15) is 11.9 Å². The largest absolute Gasteiger partial charge is 0.469 e. The van der Waals surface area contributed by atoms with Crippen LogP contribution in [0.15, 0.2) is 11.9 Å². The van der Waals surface area contributed by atoms with Crippen molar-refractivity contribution in [1.82, 2.24) is 0 Å². The Morgan fingerprint density at radius 1 is 1.23 bits per heavy atom. The molecular formula is C25H39FO4. The normalized spacial score (nSPS) is 48.8. The van der Waals surface area contributed by atoms with E-state index in [1.807, 2.05) is 0 Å². The van der Waals surface area contributed by atoms with E-state index < -0.39 is 6.10 Å². The van der Waals surface area contributed by atoms with E-state index in [-0.39, 0.29) is 46.5 Å². The van der Waals surface area contributed by atoms with E-state index in [0.29, 0.717) is 37.0 Å². The summed E-state index contributed by atoms with van der Waals surface area (Å²) >= 11 is 0. The fraction of sp³-hybridized carbons (Fsp3) is 0.880. The lowest BCUT2D eigenvalue weighted by Crippen LogP contribution is -2.58. The zero-order valence-electron chi connectivity index (χ0n) is 18.9. The van der Waals surface area contributed by atoms with Crippen molar-refractivity contribution in [2.45, 2.75) is 84.3 Å². The molecule has 0 aromatic heterocycles. The number of aliphatic hydroxyl groups is 2. The van der Waals surface area contributed by atoms with E-state index >= 15 is 0 Å². The van der Waals surface area contributed by atoms with Gasteiger partial charge in [-0.25, -0.2) is 4.39 Å². The topological polar surface area (TPSA) is 66.8 Å². The quantitative estimate of drug-likeness (QED) is 0.648. The van der Waals surface area contributed by atoms with Crippen molar-refractivity contribution in [2.24, 2.45) is 46.3 Å². The Kier molecular flexibility index (Phi) is 5.85. The van der Waals surface area contributed by atoms with Crippen LogP contribution in [0.2, 0.25) is 0 Å². The fourth-order valence-corrected chi connectivity index (χ4v) is 8.44. The number of carbonyl (C=O) groups excluding carboxylic acids is 1. The van der Waals surface area contributed by atoms with Gasteiger partial charge in [0.15, 0.2) is 0 Å². The molecule has 30 heavy (non-hydrogen) atoms. The summed E-state index contributed by atoms with van der Waals surface area (Å²) in [6.07, 6.45) is 7.08. The number of hydrogen-bond donors (Lipinski definition) is 2. The van der Waals surface area contributed by atoms with Crippen molar-refractivity contribution >= 4 is 5.97 Å². The first-order valence-electron chi connectivity index (χ1n) is 11.9. The second-order valence-corrected chi connectivity index (χ2v) is 11.3. The van der Waals surface area contributed by atoms with Crippen molar-refractivity contribution in [3.05, 3.63) is 11.9 Å². The van der Waals surface area contributed by atoms with E-state index in [0.717, 1.165) is 32.1 Å².